The number of carbonyl (C=O) groups is 1. The number of hydrogen-bond acceptors (Lipinski definition) is 4. The molecule has 2 aliphatic carbocycles. The lowest BCUT2D eigenvalue weighted by Gasteiger charge is -2.34. The van der Waals surface area contributed by atoms with Gasteiger partial charge in [-0.3, -0.25) is 4.79 Å². The van der Waals surface area contributed by atoms with Crippen LogP contribution < -0.4 is 5.32 Å². The van der Waals surface area contributed by atoms with Gasteiger partial charge in [-0.05, 0) is 43.2 Å². The highest BCUT2D eigenvalue weighted by Crippen LogP contribution is 2.40. The predicted molar refractivity (Wildman–Crippen MR) is 84.1 cm³/mol. The molecule has 0 spiro atoms. The van der Waals surface area contributed by atoms with Crippen LogP contribution in [-0.2, 0) is 12.0 Å². The molecule has 1 amide bonds. The summed E-state index contributed by atoms with van der Waals surface area (Å²) in [7, 11) is 0. The number of fused-ring (bicyclic) bond motifs is 1. The zero-order chi connectivity index (χ0) is 15.9. The molecule has 120 valence electrons. The van der Waals surface area contributed by atoms with Gasteiger partial charge in [0.1, 0.15) is 11.4 Å². The van der Waals surface area contributed by atoms with E-state index in [4.69, 9.17) is 4.52 Å². The van der Waals surface area contributed by atoms with Crippen molar-refractivity contribution in [2.24, 2.45) is 0 Å². The lowest BCUT2D eigenvalue weighted by Crippen LogP contribution is -2.43. The molecule has 1 fully saturated rings. The highest BCUT2D eigenvalue weighted by Gasteiger charge is 2.35. The molecule has 0 saturated heterocycles. The first-order chi connectivity index (χ1) is 11.2. The number of carbonyl (C=O) groups excluding carboxylic acids is 1. The van der Waals surface area contributed by atoms with Crippen LogP contribution in [0, 0.1) is 0 Å². The Balaban J connectivity index is 1.46. The van der Waals surface area contributed by atoms with Gasteiger partial charge in [-0.25, -0.2) is 0 Å². The van der Waals surface area contributed by atoms with Crippen molar-refractivity contribution < 1.29 is 14.4 Å². The predicted octanol–water partition coefficient (Wildman–Crippen LogP) is 2.51. The van der Waals surface area contributed by atoms with Crippen molar-refractivity contribution in [1.29, 1.82) is 0 Å². The van der Waals surface area contributed by atoms with Crippen LogP contribution >= 0.6 is 0 Å². The summed E-state index contributed by atoms with van der Waals surface area (Å²) < 4.78 is 5.21. The Morgan fingerprint density at radius 1 is 1.39 bits per heavy atom. The summed E-state index contributed by atoms with van der Waals surface area (Å²) in [5, 5.41) is 17.6. The van der Waals surface area contributed by atoms with E-state index in [0.29, 0.717) is 18.0 Å². The molecule has 5 nitrogen and oxygen atoms in total. The summed E-state index contributed by atoms with van der Waals surface area (Å²) in [5.74, 6) is 0.924. The molecule has 23 heavy (non-hydrogen) atoms. The molecule has 0 bridgehead atoms. The smallest absolute Gasteiger partial charge is 0.273 e. The standard InChI is InChI=1S/C18H20N2O3/c21-17(15-10-16(23-20-15)13-7-8-13)19-11-18(22)9-3-5-12-4-1-2-6-14(12)18/h1-2,4,6,10,13,22H,3,5,7-9,11H2,(H,19,21)/t18-/m0/s1. The van der Waals surface area contributed by atoms with Crippen LogP contribution in [0.15, 0.2) is 34.9 Å². The van der Waals surface area contributed by atoms with Gasteiger partial charge in [0, 0.05) is 12.0 Å². The van der Waals surface area contributed by atoms with E-state index in [9.17, 15) is 9.90 Å². The third kappa shape index (κ3) is 2.77. The summed E-state index contributed by atoms with van der Waals surface area (Å²) in [6.45, 7) is 0.189. The summed E-state index contributed by atoms with van der Waals surface area (Å²) >= 11 is 0. The quantitative estimate of drug-likeness (QED) is 0.909. The lowest BCUT2D eigenvalue weighted by atomic mass is 9.79. The Kier molecular flexibility index (Phi) is 3.45. The number of hydrogen-bond donors (Lipinski definition) is 2. The molecule has 1 heterocycles. The first kappa shape index (κ1) is 14.5. The fraction of sp³-hybridized carbons (Fsp3) is 0.444. The number of aryl methyl sites for hydroxylation is 1. The van der Waals surface area contributed by atoms with Gasteiger partial charge in [-0.1, -0.05) is 29.4 Å². The van der Waals surface area contributed by atoms with Crippen molar-refractivity contribution in [3.05, 3.63) is 52.9 Å². The monoisotopic (exact) mass is 312 g/mol. The van der Waals surface area contributed by atoms with Crippen molar-refractivity contribution in [2.45, 2.75) is 43.6 Å². The van der Waals surface area contributed by atoms with Crippen LogP contribution in [0.25, 0.3) is 0 Å². The molecule has 2 N–H and O–H groups in total. The third-order valence-electron chi connectivity index (χ3n) is 4.84. The number of benzene rings is 1. The molecule has 0 unspecified atom stereocenters. The summed E-state index contributed by atoms with van der Waals surface area (Å²) in [6, 6.07) is 9.61. The minimum Gasteiger partial charge on any atom is -0.383 e. The normalized spacial score (nSPS) is 23.3. The molecule has 0 radical (unpaired) electrons. The molecule has 2 aromatic rings. The van der Waals surface area contributed by atoms with Gasteiger partial charge in [0.25, 0.3) is 5.91 Å². The Morgan fingerprint density at radius 2 is 2.22 bits per heavy atom. The van der Waals surface area contributed by atoms with Crippen molar-refractivity contribution in [1.82, 2.24) is 10.5 Å². The minimum absolute atomic E-state index is 0.189. The maximum absolute atomic E-state index is 12.3. The molecule has 0 aliphatic heterocycles. The number of nitrogens with one attached hydrogen (secondary N) is 1. The molecule has 5 heteroatoms. The minimum atomic E-state index is -1.01. The summed E-state index contributed by atoms with van der Waals surface area (Å²) in [4.78, 5) is 12.3. The maximum atomic E-state index is 12.3. The average Bonchev–Trinajstić information content (AvgIpc) is 3.30. The van der Waals surface area contributed by atoms with Crippen LogP contribution in [-0.4, -0.2) is 22.7 Å². The van der Waals surface area contributed by atoms with Crippen LogP contribution in [0.1, 0.15) is 59.0 Å². The third-order valence-corrected chi connectivity index (χ3v) is 4.84. The van der Waals surface area contributed by atoms with Crippen LogP contribution in [0.3, 0.4) is 0 Å². The van der Waals surface area contributed by atoms with Crippen molar-refractivity contribution in [3.63, 3.8) is 0 Å². The molecular weight excluding hydrogens is 292 g/mol. The van der Waals surface area contributed by atoms with E-state index in [0.717, 1.165) is 42.6 Å². The molecule has 1 atom stereocenters. The number of aromatic nitrogens is 1. The second-order valence-corrected chi connectivity index (χ2v) is 6.61. The molecule has 2 aliphatic rings. The molecule has 1 saturated carbocycles. The fourth-order valence-electron chi connectivity index (χ4n) is 3.36. The Bertz CT molecular complexity index is 735. The lowest BCUT2D eigenvalue weighted by molar-refractivity contribution is 0.0188. The van der Waals surface area contributed by atoms with Crippen LogP contribution in [0.2, 0.25) is 0 Å². The second kappa shape index (κ2) is 5.49. The van der Waals surface area contributed by atoms with E-state index in [1.54, 1.807) is 6.07 Å². The second-order valence-electron chi connectivity index (χ2n) is 6.61. The Morgan fingerprint density at radius 3 is 3.04 bits per heavy atom. The number of rotatable bonds is 4. The van der Waals surface area contributed by atoms with Gasteiger partial charge in [-0.2, -0.15) is 0 Å². The first-order valence-corrected chi connectivity index (χ1v) is 8.21. The SMILES string of the molecule is O=C(NC[C@@]1(O)CCCc2ccccc21)c1cc(C2CC2)on1. The zero-order valence-electron chi connectivity index (χ0n) is 12.9. The van der Waals surface area contributed by atoms with Crippen LogP contribution in [0.5, 0.6) is 0 Å². The maximum Gasteiger partial charge on any atom is 0.273 e. The van der Waals surface area contributed by atoms with Crippen molar-refractivity contribution >= 4 is 5.91 Å². The van der Waals surface area contributed by atoms with E-state index < -0.39 is 5.60 Å². The van der Waals surface area contributed by atoms with E-state index in [1.165, 1.54) is 0 Å². The fourth-order valence-corrected chi connectivity index (χ4v) is 3.36. The first-order valence-electron chi connectivity index (χ1n) is 8.21. The van der Waals surface area contributed by atoms with Gasteiger partial charge in [-0.15, -0.1) is 0 Å². The summed E-state index contributed by atoms with van der Waals surface area (Å²) in [5.41, 5.74) is 1.37. The van der Waals surface area contributed by atoms with Crippen molar-refractivity contribution in [3.8, 4) is 0 Å². The molecular formula is C18H20N2O3. The van der Waals surface area contributed by atoms with Crippen molar-refractivity contribution in [2.75, 3.05) is 6.54 Å². The van der Waals surface area contributed by atoms with E-state index in [-0.39, 0.29) is 12.5 Å². The van der Waals surface area contributed by atoms with E-state index >= 15 is 0 Å². The number of nitrogens with zero attached hydrogens (tertiary/aromatic N) is 1. The topological polar surface area (TPSA) is 75.4 Å². The molecule has 1 aromatic carbocycles. The van der Waals surface area contributed by atoms with E-state index in [1.807, 2.05) is 24.3 Å². The highest BCUT2D eigenvalue weighted by atomic mass is 16.5. The molecule has 4 rings (SSSR count). The van der Waals surface area contributed by atoms with Gasteiger partial charge < -0.3 is 14.9 Å². The van der Waals surface area contributed by atoms with Crippen LogP contribution in [0.4, 0.5) is 0 Å². The Hall–Kier alpha value is -2.14. The van der Waals surface area contributed by atoms with Gasteiger partial charge in [0.05, 0.1) is 6.54 Å². The van der Waals surface area contributed by atoms with E-state index in [2.05, 4.69) is 10.5 Å². The Labute approximate surface area is 134 Å². The summed E-state index contributed by atoms with van der Waals surface area (Å²) in [6.07, 6.45) is 4.75. The van der Waals surface area contributed by atoms with Gasteiger partial charge in [0.15, 0.2) is 5.69 Å². The number of amides is 1. The van der Waals surface area contributed by atoms with Gasteiger partial charge >= 0.3 is 0 Å². The van der Waals surface area contributed by atoms with Gasteiger partial charge in [0.2, 0.25) is 0 Å². The zero-order valence-corrected chi connectivity index (χ0v) is 12.9. The average molecular weight is 312 g/mol. The highest BCUT2D eigenvalue weighted by molar-refractivity contribution is 5.92. The number of aliphatic hydroxyl groups is 1. The molecule has 1 aromatic heterocycles. The largest absolute Gasteiger partial charge is 0.383 e.